The standard InChI is InChI=1S/C13H17N5O5S.ClH/c1-4(14)10(19)16-13(12(22)23)2-5(24-6-3-15-18-17-6)7-8(9(7)13)11(20)21;/h3-5,7-9H,2,14H2,1H3,(H,16,19)(H,20,21)(H,22,23)(H,15,17,18);1H/t4-,5+,7-,8-,9-,13-;/m0./s1. The van der Waals surface area contributed by atoms with Crippen LogP contribution in [0.2, 0.25) is 0 Å². The smallest absolute Gasteiger partial charge is 0.329 e. The van der Waals surface area contributed by atoms with Crippen molar-refractivity contribution in [1.82, 2.24) is 20.7 Å². The number of carbonyl (C=O) groups is 3. The summed E-state index contributed by atoms with van der Waals surface area (Å²) in [6, 6.07) is -0.885. The largest absolute Gasteiger partial charge is 0.481 e. The number of carboxylic acid groups (broad SMARTS) is 2. The molecule has 0 bridgehead atoms. The molecule has 1 aromatic rings. The second-order valence-electron chi connectivity index (χ2n) is 6.19. The van der Waals surface area contributed by atoms with E-state index in [1.807, 2.05) is 0 Å². The summed E-state index contributed by atoms with van der Waals surface area (Å²) in [5, 5.41) is 31.9. The van der Waals surface area contributed by atoms with Crippen LogP contribution in [0.15, 0.2) is 11.2 Å². The van der Waals surface area contributed by atoms with Crippen LogP contribution < -0.4 is 11.1 Å². The molecule has 2 aliphatic rings. The number of nitrogens with zero attached hydrogens (tertiary/aromatic N) is 2. The maximum atomic E-state index is 12.0. The van der Waals surface area contributed by atoms with E-state index >= 15 is 0 Å². The van der Waals surface area contributed by atoms with Gasteiger partial charge in [0.15, 0.2) is 0 Å². The predicted molar refractivity (Wildman–Crippen MR) is 88.2 cm³/mol. The maximum Gasteiger partial charge on any atom is 0.329 e. The number of carbonyl (C=O) groups excluding carboxylic acids is 1. The third kappa shape index (κ3) is 3.18. The van der Waals surface area contributed by atoms with Gasteiger partial charge in [-0.25, -0.2) is 4.79 Å². The molecular weight excluding hydrogens is 374 g/mol. The molecule has 12 heteroatoms. The molecular formula is C13H18ClN5O5S. The zero-order valence-corrected chi connectivity index (χ0v) is 14.7. The molecule has 0 unspecified atom stereocenters. The van der Waals surface area contributed by atoms with Gasteiger partial charge in [0.05, 0.1) is 18.2 Å². The quantitative estimate of drug-likeness (QED) is 0.421. The van der Waals surface area contributed by atoms with Crippen LogP contribution in [-0.2, 0) is 14.4 Å². The van der Waals surface area contributed by atoms with E-state index in [1.54, 1.807) is 0 Å². The minimum absolute atomic E-state index is 0. The Morgan fingerprint density at radius 1 is 1.48 bits per heavy atom. The number of aliphatic carboxylic acids is 2. The Kier molecular flexibility index (Phi) is 5.30. The molecule has 1 amide bonds. The first-order valence-electron chi connectivity index (χ1n) is 7.34. The van der Waals surface area contributed by atoms with Crippen LogP contribution in [0.4, 0.5) is 0 Å². The molecule has 0 aliphatic heterocycles. The van der Waals surface area contributed by atoms with Crippen molar-refractivity contribution in [3.8, 4) is 0 Å². The Labute approximate surface area is 152 Å². The Balaban J connectivity index is 0.00000225. The third-order valence-electron chi connectivity index (χ3n) is 4.69. The van der Waals surface area contributed by atoms with Crippen LogP contribution in [0.1, 0.15) is 13.3 Å². The number of aromatic nitrogens is 3. The molecule has 138 valence electrons. The van der Waals surface area contributed by atoms with Crippen molar-refractivity contribution in [3.63, 3.8) is 0 Å². The van der Waals surface area contributed by atoms with Gasteiger partial charge in [-0.05, 0) is 19.3 Å². The van der Waals surface area contributed by atoms with Crippen molar-refractivity contribution in [2.45, 2.75) is 35.2 Å². The summed E-state index contributed by atoms with van der Waals surface area (Å²) in [7, 11) is 0. The van der Waals surface area contributed by atoms with Crippen molar-refractivity contribution in [2.24, 2.45) is 23.5 Å². The first-order chi connectivity index (χ1) is 11.3. The van der Waals surface area contributed by atoms with Crippen molar-refractivity contribution >= 4 is 42.0 Å². The number of halogens is 1. The molecule has 0 aromatic carbocycles. The van der Waals surface area contributed by atoms with E-state index < -0.39 is 41.3 Å². The number of nitrogens with two attached hydrogens (primary N) is 1. The minimum Gasteiger partial charge on any atom is -0.481 e. The zero-order valence-electron chi connectivity index (χ0n) is 13.1. The zero-order chi connectivity index (χ0) is 17.6. The number of nitrogens with one attached hydrogen (secondary N) is 2. The number of H-pyrrole nitrogens is 1. The fourth-order valence-electron chi connectivity index (χ4n) is 3.61. The first-order valence-corrected chi connectivity index (χ1v) is 8.22. The van der Waals surface area contributed by atoms with Crippen molar-refractivity contribution in [3.05, 3.63) is 6.20 Å². The van der Waals surface area contributed by atoms with Crippen LogP contribution in [0, 0.1) is 17.8 Å². The molecule has 6 atom stereocenters. The van der Waals surface area contributed by atoms with E-state index in [-0.39, 0.29) is 30.0 Å². The Morgan fingerprint density at radius 3 is 2.64 bits per heavy atom. The summed E-state index contributed by atoms with van der Waals surface area (Å²) in [6.45, 7) is 1.44. The molecule has 3 rings (SSSR count). The third-order valence-corrected chi connectivity index (χ3v) is 5.91. The second kappa shape index (κ2) is 6.81. The van der Waals surface area contributed by atoms with E-state index in [4.69, 9.17) is 5.73 Å². The van der Waals surface area contributed by atoms with E-state index in [1.165, 1.54) is 24.9 Å². The van der Waals surface area contributed by atoms with Gasteiger partial charge in [0.25, 0.3) is 0 Å². The van der Waals surface area contributed by atoms with Gasteiger partial charge in [0, 0.05) is 11.2 Å². The van der Waals surface area contributed by atoms with Gasteiger partial charge in [-0.15, -0.1) is 17.5 Å². The normalized spacial score (nSPS) is 33.7. The number of rotatable bonds is 6. The van der Waals surface area contributed by atoms with Crippen LogP contribution >= 0.6 is 24.2 Å². The molecule has 2 fully saturated rings. The lowest BCUT2D eigenvalue weighted by atomic mass is 9.89. The molecule has 6 N–H and O–H groups in total. The summed E-state index contributed by atoms with van der Waals surface area (Å²) >= 11 is 1.27. The lowest BCUT2D eigenvalue weighted by Crippen LogP contribution is -2.59. The van der Waals surface area contributed by atoms with Gasteiger partial charge in [-0.3, -0.25) is 9.59 Å². The Hall–Kier alpha value is -1.85. The van der Waals surface area contributed by atoms with E-state index in [9.17, 15) is 24.6 Å². The average Bonchev–Trinajstić information content (AvgIpc) is 2.90. The fraction of sp³-hybridized carbons (Fsp3) is 0.615. The number of hydrogen-bond acceptors (Lipinski definition) is 7. The van der Waals surface area contributed by atoms with Crippen molar-refractivity contribution in [2.75, 3.05) is 0 Å². The van der Waals surface area contributed by atoms with Gasteiger partial charge < -0.3 is 21.3 Å². The summed E-state index contributed by atoms with van der Waals surface area (Å²) in [5.41, 5.74) is 3.90. The number of carboxylic acids is 2. The minimum atomic E-state index is -1.63. The summed E-state index contributed by atoms with van der Waals surface area (Å²) in [5.74, 6) is -4.74. The Bertz CT molecular complexity index is 686. The summed E-state index contributed by atoms with van der Waals surface area (Å²) in [4.78, 5) is 35.4. The number of fused-ring (bicyclic) bond motifs is 1. The molecule has 10 nitrogen and oxygen atoms in total. The van der Waals surface area contributed by atoms with E-state index in [0.29, 0.717) is 5.03 Å². The van der Waals surface area contributed by atoms with Crippen molar-refractivity contribution < 1.29 is 24.6 Å². The van der Waals surface area contributed by atoms with E-state index in [2.05, 4.69) is 20.7 Å². The van der Waals surface area contributed by atoms with Crippen LogP contribution in [-0.4, -0.2) is 60.3 Å². The number of hydrogen-bond donors (Lipinski definition) is 5. The van der Waals surface area contributed by atoms with Crippen LogP contribution in [0.3, 0.4) is 0 Å². The molecule has 1 heterocycles. The molecule has 2 aliphatic carbocycles. The lowest BCUT2D eigenvalue weighted by molar-refractivity contribution is -0.149. The highest BCUT2D eigenvalue weighted by Gasteiger charge is 2.75. The average molecular weight is 392 g/mol. The molecule has 0 radical (unpaired) electrons. The number of amides is 1. The topological polar surface area (TPSA) is 171 Å². The monoisotopic (exact) mass is 391 g/mol. The van der Waals surface area contributed by atoms with Gasteiger partial charge in [0.2, 0.25) is 5.91 Å². The SMILES string of the molecule is C[C@H](N)C(=O)N[C@@]1(C(=O)O)C[C@@H](Sc2cn[nH]n2)[C@H]2[C@H](C(=O)O)[C@H]21.Cl. The molecule has 1 aromatic heterocycles. The predicted octanol–water partition coefficient (Wildman–Crippen LogP) is -0.675. The van der Waals surface area contributed by atoms with E-state index in [0.717, 1.165) is 0 Å². The molecule has 0 spiro atoms. The highest BCUT2D eigenvalue weighted by Crippen LogP contribution is 2.65. The van der Waals surface area contributed by atoms with Crippen molar-refractivity contribution in [1.29, 1.82) is 0 Å². The fourth-order valence-corrected chi connectivity index (χ4v) is 4.97. The van der Waals surface area contributed by atoms with Gasteiger partial charge in [-0.2, -0.15) is 10.3 Å². The second-order valence-corrected chi connectivity index (χ2v) is 7.45. The van der Waals surface area contributed by atoms with Gasteiger partial charge in [0.1, 0.15) is 10.6 Å². The van der Waals surface area contributed by atoms with Crippen LogP contribution in [0.5, 0.6) is 0 Å². The van der Waals surface area contributed by atoms with Gasteiger partial charge in [-0.1, -0.05) is 11.8 Å². The highest BCUT2D eigenvalue weighted by molar-refractivity contribution is 7.99. The first kappa shape index (κ1) is 19.5. The number of aromatic amines is 1. The molecule has 2 saturated carbocycles. The summed E-state index contributed by atoms with van der Waals surface area (Å²) in [6.07, 6.45) is 1.59. The maximum absolute atomic E-state index is 12.0. The number of thioether (sulfide) groups is 1. The highest BCUT2D eigenvalue weighted by atomic mass is 35.5. The molecule has 25 heavy (non-hydrogen) atoms. The lowest BCUT2D eigenvalue weighted by Gasteiger charge is -2.30. The van der Waals surface area contributed by atoms with Gasteiger partial charge >= 0.3 is 11.9 Å². The molecule has 0 saturated heterocycles. The van der Waals surface area contributed by atoms with Crippen LogP contribution in [0.25, 0.3) is 0 Å². The Morgan fingerprint density at radius 2 is 2.16 bits per heavy atom. The summed E-state index contributed by atoms with van der Waals surface area (Å²) < 4.78 is 0.